The zero-order valence-electron chi connectivity index (χ0n) is 13.7. The molecule has 0 radical (unpaired) electrons. The highest BCUT2D eigenvalue weighted by atomic mass is 16.5. The first-order valence-electron chi connectivity index (χ1n) is 7.94. The van der Waals surface area contributed by atoms with Crippen LogP contribution in [0.4, 0.5) is 0 Å². The van der Waals surface area contributed by atoms with E-state index in [4.69, 9.17) is 9.47 Å². The van der Waals surface area contributed by atoms with Crippen LogP contribution in [0.1, 0.15) is 23.0 Å². The van der Waals surface area contributed by atoms with Gasteiger partial charge in [0.1, 0.15) is 0 Å². The third-order valence-electron chi connectivity index (χ3n) is 4.86. The molecule has 24 heavy (non-hydrogen) atoms. The van der Waals surface area contributed by atoms with Crippen LogP contribution in [0.2, 0.25) is 0 Å². The minimum Gasteiger partial charge on any atom is -0.469 e. The lowest BCUT2D eigenvalue weighted by molar-refractivity contribution is -0.168. The summed E-state index contributed by atoms with van der Waals surface area (Å²) in [4.78, 5) is 24.7. The standard InChI is InChI=1S/C20H20O4/c1-23-19(21)17-15(13-9-5-3-6-10-13)16(18(17)20(22)24-2)14-11-7-4-8-12-14/h3-12,15-18H,1-2H3/t15-,16+,17-,18-/m0/s1. The molecule has 0 aromatic heterocycles. The predicted molar refractivity (Wildman–Crippen MR) is 89.4 cm³/mol. The van der Waals surface area contributed by atoms with Gasteiger partial charge in [0.15, 0.2) is 0 Å². The van der Waals surface area contributed by atoms with E-state index in [-0.39, 0.29) is 23.8 Å². The van der Waals surface area contributed by atoms with Gasteiger partial charge in [-0.3, -0.25) is 9.59 Å². The van der Waals surface area contributed by atoms with E-state index in [2.05, 4.69) is 0 Å². The number of carbonyl (C=O) groups excluding carboxylic acids is 2. The second-order valence-electron chi connectivity index (χ2n) is 5.97. The van der Waals surface area contributed by atoms with Crippen molar-refractivity contribution in [2.24, 2.45) is 11.8 Å². The molecule has 4 heteroatoms. The predicted octanol–water partition coefficient (Wildman–Crippen LogP) is 3.15. The van der Waals surface area contributed by atoms with Gasteiger partial charge in [0.25, 0.3) is 0 Å². The maximum Gasteiger partial charge on any atom is 0.310 e. The van der Waals surface area contributed by atoms with Crippen LogP contribution in [-0.4, -0.2) is 26.2 Å². The summed E-state index contributed by atoms with van der Waals surface area (Å²) in [6, 6.07) is 19.6. The molecule has 2 aromatic rings. The summed E-state index contributed by atoms with van der Waals surface area (Å²) in [5, 5.41) is 0. The molecule has 2 aromatic carbocycles. The molecule has 124 valence electrons. The lowest BCUT2D eigenvalue weighted by Gasteiger charge is -2.49. The fourth-order valence-corrected chi connectivity index (χ4v) is 3.79. The number of hydrogen-bond acceptors (Lipinski definition) is 4. The monoisotopic (exact) mass is 324 g/mol. The third-order valence-corrected chi connectivity index (χ3v) is 4.86. The lowest BCUT2D eigenvalue weighted by atomic mass is 9.52. The quantitative estimate of drug-likeness (QED) is 0.811. The Hall–Kier alpha value is -2.62. The molecule has 0 spiro atoms. The average Bonchev–Trinajstić information content (AvgIpc) is 2.62. The summed E-state index contributed by atoms with van der Waals surface area (Å²) in [6.07, 6.45) is 0. The molecule has 3 rings (SSSR count). The molecule has 0 N–H and O–H groups in total. The van der Waals surface area contributed by atoms with Crippen molar-refractivity contribution >= 4 is 11.9 Å². The molecule has 1 saturated carbocycles. The zero-order valence-corrected chi connectivity index (χ0v) is 13.7. The average molecular weight is 324 g/mol. The Morgan fingerprint density at radius 3 is 1.29 bits per heavy atom. The summed E-state index contributed by atoms with van der Waals surface area (Å²) in [5.74, 6) is -2.02. The van der Waals surface area contributed by atoms with Gasteiger partial charge in [0.2, 0.25) is 0 Å². The molecule has 4 atom stereocenters. The smallest absolute Gasteiger partial charge is 0.310 e. The first kappa shape index (κ1) is 16.2. The van der Waals surface area contributed by atoms with Gasteiger partial charge in [0.05, 0.1) is 26.1 Å². The van der Waals surface area contributed by atoms with Gasteiger partial charge in [-0.05, 0) is 11.1 Å². The molecule has 0 bridgehead atoms. The summed E-state index contributed by atoms with van der Waals surface area (Å²) in [7, 11) is 2.71. The number of esters is 2. The van der Waals surface area contributed by atoms with Gasteiger partial charge in [-0.1, -0.05) is 60.7 Å². The minimum absolute atomic E-state index is 0.106. The van der Waals surface area contributed by atoms with Gasteiger partial charge in [0, 0.05) is 11.8 Å². The van der Waals surface area contributed by atoms with E-state index < -0.39 is 11.8 Å². The highest BCUT2D eigenvalue weighted by Gasteiger charge is 2.59. The van der Waals surface area contributed by atoms with Crippen LogP contribution in [0.3, 0.4) is 0 Å². The van der Waals surface area contributed by atoms with E-state index in [1.807, 2.05) is 60.7 Å². The van der Waals surface area contributed by atoms with Crippen LogP contribution in [0.5, 0.6) is 0 Å². The Kier molecular flexibility index (Phi) is 4.65. The maximum absolute atomic E-state index is 12.4. The van der Waals surface area contributed by atoms with Crippen molar-refractivity contribution in [3.8, 4) is 0 Å². The van der Waals surface area contributed by atoms with Crippen molar-refractivity contribution in [2.75, 3.05) is 14.2 Å². The molecule has 1 fully saturated rings. The topological polar surface area (TPSA) is 52.6 Å². The molecule has 0 saturated heterocycles. The van der Waals surface area contributed by atoms with Crippen molar-refractivity contribution in [1.82, 2.24) is 0 Å². The Morgan fingerprint density at radius 1 is 0.667 bits per heavy atom. The minimum atomic E-state index is -0.532. The van der Waals surface area contributed by atoms with Crippen LogP contribution in [0, 0.1) is 11.8 Å². The number of ether oxygens (including phenoxy) is 2. The highest BCUT2D eigenvalue weighted by Crippen LogP contribution is 2.58. The summed E-state index contributed by atoms with van der Waals surface area (Å²) in [6.45, 7) is 0. The van der Waals surface area contributed by atoms with E-state index in [9.17, 15) is 9.59 Å². The van der Waals surface area contributed by atoms with E-state index >= 15 is 0 Å². The first-order chi connectivity index (χ1) is 11.7. The second kappa shape index (κ2) is 6.87. The Bertz CT molecular complexity index is 647. The molecule has 0 amide bonds. The van der Waals surface area contributed by atoms with E-state index in [1.54, 1.807) is 0 Å². The Labute approximate surface area is 141 Å². The van der Waals surface area contributed by atoms with Gasteiger partial charge in [-0.25, -0.2) is 0 Å². The summed E-state index contributed by atoms with van der Waals surface area (Å²) >= 11 is 0. The van der Waals surface area contributed by atoms with Crippen LogP contribution in [0.15, 0.2) is 60.7 Å². The number of methoxy groups -OCH3 is 2. The Morgan fingerprint density at radius 2 is 1.00 bits per heavy atom. The molecular formula is C20H20O4. The van der Waals surface area contributed by atoms with Crippen molar-refractivity contribution in [1.29, 1.82) is 0 Å². The number of rotatable bonds is 4. The van der Waals surface area contributed by atoms with Crippen molar-refractivity contribution in [3.05, 3.63) is 71.8 Å². The fourth-order valence-electron chi connectivity index (χ4n) is 3.79. The van der Waals surface area contributed by atoms with Gasteiger partial charge < -0.3 is 9.47 Å². The molecular weight excluding hydrogens is 304 g/mol. The van der Waals surface area contributed by atoms with Crippen LogP contribution in [0.25, 0.3) is 0 Å². The molecule has 0 unspecified atom stereocenters. The second-order valence-corrected chi connectivity index (χ2v) is 5.97. The molecule has 4 nitrogen and oxygen atoms in total. The number of benzene rings is 2. The summed E-state index contributed by atoms with van der Waals surface area (Å²) in [5.41, 5.74) is 2.06. The van der Waals surface area contributed by atoms with E-state index in [1.165, 1.54) is 14.2 Å². The molecule has 1 aliphatic rings. The fraction of sp³-hybridized carbons (Fsp3) is 0.300. The first-order valence-corrected chi connectivity index (χ1v) is 7.94. The molecule has 0 aliphatic heterocycles. The lowest BCUT2D eigenvalue weighted by Crippen LogP contribution is -2.52. The van der Waals surface area contributed by atoms with E-state index in [0.29, 0.717) is 0 Å². The van der Waals surface area contributed by atoms with E-state index in [0.717, 1.165) is 11.1 Å². The molecule has 1 aliphatic carbocycles. The normalized spacial score (nSPS) is 25.4. The zero-order chi connectivity index (χ0) is 17.1. The van der Waals surface area contributed by atoms with Crippen LogP contribution in [-0.2, 0) is 19.1 Å². The Balaban J connectivity index is 2.07. The van der Waals surface area contributed by atoms with Crippen LogP contribution < -0.4 is 0 Å². The third kappa shape index (κ3) is 2.68. The van der Waals surface area contributed by atoms with Gasteiger partial charge in [-0.15, -0.1) is 0 Å². The van der Waals surface area contributed by atoms with Crippen LogP contribution >= 0.6 is 0 Å². The largest absolute Gasteiger partial charge is 0.469 e. The highest BCUT2D eigenvalue weighted by molar-refractivity contribution is 5.87. The maximum atomic E-state index is 12.4. The molecule has 0 heterocycles. The van der Waals surface area contributed by atoms with Crippen molar-refractivity contribution in [2.45, 2.75) is 11.8 Å². The van der Waals surface area contributed by atoms with Gasteiger partial charge in [-0.2, -0.15) is 0 Å². The van der Waals surface area contributed by atoms with Crippen molar-refractivity contribution in [3.63, 3.8) is 0 Å². The number of hydrogen-bond donors (Lipinski definition) is 0. The SMILES string of the molecule is COC(=O)[C@@H]1[C@@H](C(=O)OC)[C@H](c2ccccc2)[C@@H]1c1ccccc1. The van der Waals surface area contributed by atoms with Gasteiger partial charge >= 0.3 is 11.9 Å². The number of carbonyl (C=O) groups is 2. The summed E-state index contributed by atoms with van der Waals surface area (Å²) < 4.78 is 9.94. The van der Waals surface area contributed by atoms with Crippen molar-refractivity contribution < 1.29 is 19.1 Å².